The van der Waals surface area contributed by atoms with Gasteiger partial charge in [-0.25, -0.2) is 9.87 Å². The van der Waals surface area contributed by atoms with Crippen molar-refractivity contribution < 1.29 is 14.0 Å². The van der Waals surface area contributed by atoms with Gasteiger partial charge in [-0.2, -0.15) is 0 Å². The molecule has 2 aliphatic heterocycles. The average Bonchev–Trinajstić information content (AvgIpc) is 3.32. The molecule has 0 spiro atoms. The standard InChI is InChI=1S/C23H22FN3O2/c1-2-5-13-10-14(11-17(24)20(13)18-8-4-9-25-18)22-16-12-29-27-23(28)15-6-3-7-19(26-22)21(15)16/h2-3,6-7,10-11,18,25-26H,1,4-5,8-9,12H2,(H,27,28)/t18-/m1/s1. The predicted molar refractivity (Wildman–Crippen MR) is 110 cm³/mol. The van der Waals surface area contributed by atoms with E-state index in [1.807, 2.05) is 18.2 Å². The van der Waals surface area contributed by atoms with Crippen LogP contribution in [0.1, 0.15) is 45.9 Å². The molecule has 1 amide bonds. The molecule has 148 valence electrons. The van der Waals surface area contributed by atoms with Crippen LogP contribution >= 0.6 is 0 Å². The van der Waals surface area contributed by atoms with E-state index in [-0.39, 0.29) is 24.4 Å². The number of hydrogen-bond acceptors (Lipinski definition) is 3. The summed E-state index contributed by atoms with van der Waals surface area (Å²) in [5, 5.41) is 4.22. The first-order chi connectivity index (χ1) is 14.2. The Morgan fingerprint density at radius 2 is 2.21 bits per heavy atom. The van der Waals surface area contributed by atoms with Gasteiger partial charge in [-0.05, 0) is 55.6 Å². The second-order valence-electron chi connectivity index (χ2n) is 7.60. The highest BCUT2D eigenvalue weighted by Crippen LogP contribution is 2.37. The van der Waals surface area contributed by atoms with Gasteiger partial charge in [0.15, 0.2) is 0 Å². The normalized spacial score (nSPS) is 18.7. The molecule has 3 N–H and O–H groups in total. The fraction of sp³-hybridized carbons (Fsp3) is 0.261. The lowest BCUT2D eigenvalue weighted by Crippen LogP contribution is -2.21. The molecule has 6 heteroatoms. The Bertz CT molecular complexity index is 1130. The molecule has 3 aromatic rings. The van der Waals surface area contributed by atoms with Crippen LogP contribution in [0.4, 0.5) is 4.39 Å². The Morgan fingerprint density at radius 3 is 3.00 bits per heavy atom. The van der Waals surface area contributed by atoms with Crippen LogP contribution in [0.2, 0.25) is 0 Å². The van der Waals surface area contributed by atoms with Crippen molar-refractivity contribution in [2.24, 2.45) is 0 Å². The SMILES string of the molecule is C=CCc1cc(-c2[nH]c3cccc4c3c2CONC4=O)cc(F)c1[C@H]1CCCN1. The summed E-state index contributed by atoms with van der Waals surface area (Å²) >= 11 is 0. The lowest BCUT2D eigenvalue weighted by Gasteiger charge is -2.18. The Balaban J connectivity index is 1.71. The molecule has 2 aliphatic rings. The Kier molecular flexibility index (Phi) is 4.45. The van der Waals surface area contributed by atoms with E-state index < -0.39 is 0 Å². The van der Waals surface area contributed by atoms with Gasteiger partial charge in [-0.1, -0.05) is 12.1 Å². The summed E-state index contributed by atoms with van der Waals surface area (Å²) in [7, 11) is 0. The van der Waals surface area contributed by atoms with Crippen LogP contribution in [0.15, 0.2) is 43.0 Å². The minimum absolute atomic E-state index is 0.0417. The van der Waals surface area contributed by atoms with Gasteiger partial charge < -0.3 is 10.3 Å². The summed E-state index contributed by atoms with van der Waals surface area (Å²) in [6, 6.07) is 9.17. The van der Waals surface area contributed by atoms with Crippen molar-refractivity contribution in [3.05, 3.63) is 71.1 Å². The molecule has 1 fully saturated rings. The number of H-pyrrole nitrogens is 1. The molecule has 0 unspecified atom stereocenters. The number of halogens is 1. The number of carbonyl (C=O) groups excluding carboxylic acids is 1. The summed E-state index contributed by atoms with van der Waals surface area (Å²) in [4.78, 5) is 21.0. The van der Waals surface area contributed by atoms with E-state index in [1.54, 1.807) is 18.2 Å². The van der Waals surface area contributed by atoms with Gasteiger partial charge in [-0.3, -0.25) is 9.63 Å². The predicted octanol–water partition coefficient (Wildman–Crippen LogP) is 4.30. The van der Waals surface area contributed by atoms with Gasteiger partial charge >= 0.3 is 0 Å². The van der Waals surface area contributed by atoms with Crippen molar-refractivity contribution in [1.29, 1.82) is 0 Å². The molecule has 0 saturated carbocycles. The second-order valence-corrected chi connectivity index (χ2v) is 7.60. The fourth-order valence-corrected chi connectivity index (χ4v) is 4.59. The Hall–Kier alpha value is -2.96. The summed E-state index contributed by atoms with van der Waals surface area (Å²) in [6.07, 6.45) is 4.38. The zero-order valence-corrected chi connectivity index (χ0v) is 16.0. The lowest BCUT2D eigenvalue weighted by molar-refractivity contribution is 0.0256. The van der Waals surface area contributed by atoms with Crippen molar-refractivity contribution >= 4 is 16.8 Å². The van der Waals surface area contributed by atoms with Gasteiger partial charge in [0.05, 0.1) is 11.3 Å². The first kappa shape index (κ1) is 18.1. The van der Waals surface area contributed by atoms with Gasteiger partial charge in [-0.15, -0.1) is 6.58 Å². The number of nitrogens with one attached hydrogen (secondary N) is 3. The van der Waals surface area contributed by atoms with E-state index in [9.17, 15) is 4.79 Å². The quantitative estimate of drug-likeness (QED) is 0.581. The van der Waals surface area contributed by atoms with Gasteiger partial charge in [0, 0.05) is 33.6 Å². The van der Waals surface area contributed by atoms with E-state index in [2.05, 4.69) is 22.4 Å². The fourth-order valence-electron chi connectivity index (χ4n) is 4.59. The summed E-state index contributed by atoms with van der Waals surface area (Å²) in [6.45, 7) is 4.97. The number of amides is 1. The Labute approximate surface area is 167 Å². The molecule has 3 heterocycles. The maximum Gasteiger partial charge on any atom is 0.275 e. The third-order valence-electron chi connectivity index (χ3n) is 5.83. The molecule has 1 atom stereocenters. The minimum Gasteiger partial charge on any atom is -0.354 e. The van der Waals surface area contributed by atoms with Crippen LogP contribution < -0.4 is 10.8 Å². The first-order valence-corrected chi connectivity index (χ1v) is 9.90. The summed E-state index contributed by atoms with van der Waals surface area (Å²) < 4.78 is 15.3. The van der Waals surface area contributed by atoms with Crippen LogP contribution in [-0.2, 0) is 17.9 Å². The van der Waals surface area contributed by atoms with Crippen molar-refractivity contribution in [2.45, 2.75) is 31.9 Å². The third-order valence-corrected chi connectivity index (χ3v) is 5.83. The highest BCUT2D eigenvalue weighted by Gasteiger charge is 2.26. The van der Waals surface area contributed by atoms with Crippen LogP contribution in [0, 0.1) is 5.82 Å². The topological polar surface area (TPSA) is 66.1 Å². The summed E-state index contributed by atoms with van der Waals surface area (Å²) in [5.74, 6) is -0.491. The zero-order valence-electron chi connectivity index (χ0n) is 16.0. The van der Waals surface area contributed by atoms with Crippen LogP contribution in [-0.4, -0.2) is 17.4 Å². The molecule has 1 aromatic heterocycles. The van der Waals surface area contributed by atoms with Crippen LogP contribution in [0.25, 0.3) is 22.2 Å². The molecular weight excluding hydrogens is 369 g/mol. The lowest BCUT2D eigenvalue weighted by atomic mass is 9.92. The van der Waals surface area contributed by atoms with E-state index in [0.717, 1.165) is 58.2 Å². The molecular formula is C23H22FN3O2. The third kappa shape index (κ3) is 2.96. The maximum atomic E-state index is 15.3. The van der Waals surface area contributed by atoms with Crippen molar-refractivity contribution in [3.63, 3.8) is 0 Å². The van der Waals surface area contributed by atoms with Gasteiger partial charge in [0.2, 0.25) is 0 Å². The van der Waals surface area contributed by atoms with Crippen LogP contribution in [0.3, 0.4) is 0 Å². The number of benzene rings is 2. The van der Waals surface area contributed by atoms with E-state index in [1.165, 1.54) is 0 Å². The largest absolute Gasteiger partial charge is 0.354 e. The number of hydroxylamine groups is 1. The zero-order chi connectivity index (χ0) is 20.0. The molecule has 1 saturated heterocycles. The molecule has 0 radical (unpaired) electrons. The number of rotatable bonds is 4. The molecule has 5 nitrogen and oxygen atoms in total. The number of hydrogen-bond donors (Lipinski definition) is 3. The number of aromatic amines is 1. The van der Waals surface area contributed by atoms with Crippen molar-refractivity contribution in [1.82, 2.24) is 15.8 Å². The number of carbonyl (C=O) groups is 1. The van der Waals surface area contributed by atoms with E-state index in [0.29, 0.717) is 12.0 Å². The van der Waals surface area contributed by atoms with Crippen molar-refractivity contribution in [3.8, 4) is 11.3 Å². The van der Waals surface area contributed by atoms with Crippen LogP contribution in [0.5, 0.6) is 0 Å². The molecule has 0 bridgehead atoms. The first-order valence-electron chi connectivity index (χ1n) is 9.90. The maximum absolute atomic E-state index is 15.3. The highest BCUT2D eigenvalue weighted by molar-refractivity contribution is 6.09. The monoisotopic (exact) mass is 391 g/mol. The van der Waals surface area contributed by atoms with E-state index >= 15 is 4.39 Å². The highest BCUT2D eigenvalue weighted by atomic mass is 19.1. The molecule has 0 aliphatic carbocycles. The smallest absolute Gasteiger partial charge is 0.275 e. The molecule has 2 aromatic carbocycles. The summed E-state index contributed by atoms with van der Waals surface area (Å²) in [5.41, 5.74) is 7.89. The molecule has 5 rings (SSSR count). The molecule has 29 heavy (non-hydrogen) atoms. The van der Waals surface area contributed by atoms with Gasteiger partial charge in [0.25, 0.3) is 5.91 Å². The number of aromatic nitrogens is 1. The average molecular weight is 391 g/mol. The Morgan fingerprint density at radius 1 is 1.31 bits per heavy atom. The van der Waals surface area contributed by atoms with Gasteiger partial charge in [0.1, 0.15) is 12.4 Å². The number of allylic oxidation sites excluding steroid dienone is 1. The second kappa shape index (κ2) is 7.13. The van der Waals surface area contributed by atoms with Crippen molar-refractivity contribution in [2.75, 3.05) is 6.54 Å². The van der Waals surface area contributed by atoms with E-state index in [4.69, 9.17) is 4.84 Å². The minimum atomic E-state index is -0.277.